The molecule has 2 rings (SSSR count). The molecule has 2 N–H and O–H groups in total. The zero-order valence-corrected chi connectivity index (χ0v) is 8.53. The summed E-state index contributed by atoms with van der Waals surface area (Å²) in [6, 6.07) is 8.59. The van der Waals surface area contributed by atoms with Crippen LogP contribution < -0.4 is 10.6 Å². The highest BCUT2D eigenvalue weighted by Crippen LogP contribution is 2.26. The first kappa shape index (κ1) is 8.91. The summed E-state index contributed by atoms with van der Waals surface area (Å²) in [5, 5.41) is 7.16. The van der Waals surface area contributed by atoms with Gasteiger partial charge in [-0.05, 0) is 24.3 Å². The van der Waals surface area contributed by atoms with Gasteiger partial charge in [-0.2, -0.15) is 0 Å². The van der Waals surface area contributed by atoms with Gasteiger partial charge in [0, 0.05) is 36.0 Å². The minimum atomic E-state index is 0.778. The molecule has 0 saturated carbocycles. The topological polar surface area (TPSA) is 24.1 Å². The lowest BCUT2D eigenvalue weighted by Gasteiger charge is -2.26. The molecule has 0 unspecified atom stereocenters. The predicted octanol–water partition coefficient (Wildman–Crippen LogP) is 1.79. The van der Waals surface area contributed by atoms with Crippen LogP contribution in [-0.2, 0) is 0 Å². The molecule has 0 aromatic heterocycles. The molecular formula is C10H14N2S. The largest absolute Gasteiger partial charge is 0.388 e. The molecule has 0 bridgehead atoms. The second kappa shape index (κ2) is 4.03. The molecule has 0 spiro atoms. The van der Waals surface area contributed by atoms with Crippen molar-refractivity contribution in [1.29, 1.82) is 0 Å². The number of hydrogen-bond acceptors (Lipinski definition) is 3. The van der Waals surface area contributed by atoms with Crippen LogP contribution in [0.5, 0.6) is 0 Å². The van der Waals surface area contributed by atoms with E-state index in [0.717, 1.165) is 18.3 Å². The summed E-state index contributed by atoms with van der Waals surface area (Å²) in [5.74, 6) is 0. The van der Waals surface area contributed by atoms with Crippen molar-refractivity contribution in [2.75, 3.05) is 25.5 Å². The zero-order chi connectivity index (χ0) is 9.10. The molecule has 70 valence electrons. The minimum Gasteiger partial charge on any atom is -0.388 e. The Kier molecular flexibility index (Phi) is 2.76. The van der Waals surface area contributed by atoms with E-state index in [1.54, 1.807) is 0 Å². The molecule has 1 aromatic rings. The van der Waals surface area contributed by atoms with Gasteiger partial charge in [0.2, 0.25) is 0 Å². The van der Waals surface area contributed by atoms with Crippen molar-refractivity contribution in [1.82, 2.24) is 5.32 Å². The molecule has 0 atom stereocenters. The van der Waals surface area contributed by atoms with Crippen LogP contribution in [0, 0.1) is 0 Å². The van der Waals surface area contributed by atoms with Gasteiger partial charge in [-0.3, -0.25) is 0 Å². The SMILES string of the molecule is CNc1ccc(SC2CNC2)cc1. The van der Waals surface area contributed by atoms with E-state index in [1.807, 2.05) is 18.8 Å². The van der Waals surface area contributed by atoms with Gasteiger partial charge in [0.15, 0.2) is 0 Å². The summed E-state index contributed by atoms with van der Waals surface area (Å²) in [7, 11) is 1.94. The summed E-state index contributed by atoms with van der Waals surface area (Å²) >= 11 is 1.96. The minimum absolute atomic E-state index is 0.778. The Balaban J connectivity index is 1.96. The Morgan fingerprint density at radius 3 is 2.46 bits per heavy atom. The normalized spacial score (nSPS) is 16.7. The van der Waals surface area contributed by atoms with E-state index in [2.05, 4.69) is 34.9 Å². The number of nitrogens with one attached hydrogen (secondary N) is 2. The fraction of sp³-hybridized carbons (Fsp3) is 0.400. The van der Waals surface area contributed by atoms with Gasteiger partial charge in [0.1, 0.15) is 0 Å². The maximum atomic E-state index is 3.27. The maximum Gasteiger partial charge on any atom is 0.0344 e. The van der Waals surface area contributed by atoms with Crippen molar-refractivity contribution >= 4 is 17.4 Å². The molecule has 0 amide bonds. The van der Waals surface area contributed by atoms with Gasteiger partial charge in [-0.1, -0.05) is 0 Å². The van der Waals surface area contributed by atoms with Gasteiger partial charge in [-0.15, -0.1) is 11.8 Å². The molecular weight excluding hydrogens is 180 g/mol. The molecule has 1 aromatic carbocycles. The quantitative estimate of drug-likeness (QED) is 0.767. The van der Waals surface area contributed by atoms with Gasteiger partial charge in [-0.25, -0.2) is 0 Å². The van der Waals surface area contributed by atoms with Gasteiger partial charge >= 0.3 is 0 Å². The molecule has 0 radical (unpaired) electrons. The lowest BCUT2D eigenvalue weighted by Crippen LogP contribution is -2.44. The number of rotatable bonds is 3. The Hall–Kier alpha value is -0.670. The Bertz CT molecular complexity index is 267. The third-order valence-corrected chi connectivity index (χ3v) is 3.40. The van der Waals surface area contributed by atoms with E-state index in [9.17, 15) is 0 Å². The van der Waals surface area contributed by atoms with Crippen molar-refractivity contribution < 1.29 is 0 Å². The van der Waals surface area contributed by atoms with Crippen LogP contribution >= 0.6 is 11.8 Å². The first-order valence-electron chi connectivity index (χ1n) is 4.53. The summed E-state index contributed by atoms with van der Waals surface area (Å²) in [4.78, 5) is 1.37. The summed E-state index contributed by atoms with van der Waals surface area (Å²) < 4.78 is 0. The third-order valence-electron chi connectivity index (χ3n) is 2.19. The molecule has 3 heteroatoms. The Labute approximate surface area is 83.1 Å². The third kappa shape index (κ3) is 2.17. The van der Waals surface area contributed by atoms with Crippen LogP contribution in [-0.4, -0.2) is 25.4 Å². The van der Waals surface area contributed by atoms with E-state index in [-0.39, 0.29) is 0 Å². The Morgan fingerprint density at radius 2 is 2.00 bits per heavy atom. The fourth-order valence-corrected chi connectivity index (χ4v) is 2.32. The van der Waals surface area contributed by atoms with Crippen LogP contribution in [0.1, 0.15) is 0 Å². The van der Waals surface area contributed by atoms with Crippen molar-refractivity contribution in [3.05, 3.63) is 24.3 Å². The van der Waals surface area contributed by atoms with Crippen LogP contribution in [0.15, 0.2) is 29.2 Å². The monoisotopic (exact) mass is 194 g/mol. The summed E-state index contributed by atoms with van der Waals surface area (Å²) in [5.41, 5.74) is 1.18. The molecule has 0 aliphatic carbocycles. The molecule has 1 fully saturated rings. The maximum absolute atomic E-state index is 3.27. The molecule has 2 nitrogen and oxygen atoms in total. The molecule has 1 aliphatic heterocycles. The lowest BCUT2D eigenvalue weighted by atomic mass is 10.3. The molecule has 1 saturated heterocycles. The first-order chi connectivity index (χ1) is 6.38. The predicted molar refractivity (Wildman–Crippen MR) is 58.5 cm³/mol. The second-order valence-electron chi connectivity index (χ2n) is 3.17. The number of anilines is 1. The highest BCUT2D eigenvalue weighted by atomic mass is 32.2. The highest BCUT2D eigenvalue weighted by molar-refractivity contribution is 8.00. The van der Waals surface area contributed by atoms with E-state index in [4.69, 9.17) is 0 Å². The highest BCUT2D eigenvalue weighted by Gasteiger charge is 2.17. The number of thioether (sulfide) groups is 1. The second-order valence-corrected chi connectivity index (χ2v) is 4.55. The lowest BCUT2D eigenvalue weighted by molar-refractivity contribution is 0.544. The van der Waals surface area contributed by atoms with Crippen molar-refractivity contribution in [2.45, 2.75) is 10.1 Å². The van der Waals surface area contributed by atoms with E-state index >= 15 is 0 Å². The van der Waals surface area contributed by atoms with E-state index in [1.165, 1.54) is 10.6 Å². The van der Waals surface area contributed by atoms with E-state index < -0.39 is 0 Å². The molecule has 1 aliphatic rings. The summed E-state index contributed by atoms with van der Waals surface area (Å²) in [6.45, 7) is 2.30. The number of hydrogen-bond donors (Lipinski definition) is 2. The molecule has 13 heavy (non-hydrogen) atoms. The van der Waals surface area contributed by atoms with Crippen molar-refractivity contribution in [2.24, 2.45) is 0 Å². The zero-order valence-electron chi connectivity index (χ0n) is 7.71. The van der Waals surface area contributed by atoms with Gasteiger partial charge in [0.25, 0.3) is 0 Å². The van der Waals surface area contributed by atoms with Crippen LogP contribution in [0.25, 0.3) is 0 Å². The summed E-state index contributed by atoms with van der Waals surface area (Å²) in [6.07, 6.45) is 0. The van der Waals surface area contributed by atoms with Crippen molar-refractivity contribution in [3.63, 3.8) is 0 Å². The number of benzene rings is 1. The molecule has 1 heterocycles. The smallest absolute Gasteiger partial charge is 0.0344 e. The van der Waals surface area contributed by atoms with E-state index in [0.29, 0.717) is 0 Å². The standard InChI is InChI=1S/C10H14N2S/c1-11-8-2-4-9(5-3-8)13-10-6-12-7-10/h2-5,10-12H,6-7H2,1H3. The van der Waals surface area contributed by atoms with Crippen molar-refractivity contribution in [3.8, 4) is 0 Å². The van der Waals surface area contributed by atoms with Crippen LogP contribution in [0.2, 0.25) is 0 Å². The average molecular weight is 194 g/mol. The fourth-order valence-electron chi connectivity index (χ4n) is 1.24. The Morgan fingerprint density at radius 1 is 1.31 bits per heavy atom. The van der Waals surface area contributed by atoms with Crippen LogP contribution in [0.3, 0.4) is 0 Å². The first-order valence-corrected chi connectivity index (χ1v) is 5.41. The van der Waals surface area contributed by atoms with Gasteiger partial charge < -0.3 is 10.6 Å². The van der Waals surface area contributed by atoms with Crippen LogP contribution in [0.4, 0.5) is 5.69 Å². The average Bonchev–Trinajstić information content (AvgIpc) is 2.12. The van der Waals surface area contributed by atoms with Gasteiger partial charge in [0.05, 0.1) is 0 Å².